The molecule has 2 N–H and O–H groups in total. The Hall–Kier alpha value is -0.340. The van der Waals surface area contributed by atoms with E-state index in [1.165, 1.54) is 0 Å². The summed E-state index contributed by atoms with van der Waals surface area (Å²) < 4.78 is 0. The molecule has 0 saturated carbocycles. The van der Waals surface area contributed by atoms with Crippen LogP contribution in [0.4, 0.5) is 0 Å². The highest BCUT2D eigenvalue weighted by Crippen LogP contribution is 2.12. The molecular weight excluding hydrogens is 140 g/mol. The minimum absolute atomic E-state index is 0.101. The van der Waals surface area contributed by atoms with Gasteiger partial charge in [-0.1, -0.05) is 19.4 Å². The number of aliphatic hydroxyl groups is 2. The molecule has 0 aliphatic heterocycles. The van der Waals surface area contributed by atoms with E-state index in [-0.39, 0.29) is 5.92 Å². The van der Waals surface area contributed by atoms with E-state index in [2.05, 4.69) is 6.58 Å². The average Bonchev–Trinajstić information content (AvgIpc) is 1.84. The van der Waals surface area contributed by atoms with Crippen LogP contribution in [0.1, 0.15) is 27.2 Å². The molecule has 0 aromatic rings. The molecule has 2 nitrogen and oxygen atoms in total. The fourth-order valence-electron chi connectivity index (χ4n) is 0.922. The van der Waals surface area contributed by atoms with E-state index in [0.717, 1.165) is 5.57 Å². The van der Waals surface area contributed by atoms with Crippen LogP contribution in [0.2, 0.25) is 0 Å². The Morgan fingerprint density at radius 2 is 1.82 bits per heavy atom. The summed E-state index contributed by atoms with van der Waals surface area (Å²) in [6.45, 7) is 9.27. The van der Waals surface area contributed by atoms with Gasteiger partial charge in [0.2, 0.25) is 0 Å². The molecule has 11 heavy (non-hydrogen) atoms. The van der Waals surface area contributed by atoms with Crippen molar-refractivity contribution in [1.82, 2.24) is 0 Å². The zero-order valence-electron chi connectivity index (χ0n) is 7.54. The monoisotopic (exact) mass is 158 g/mol. The quantitative estimate of drug-likeness (QED) is 0.606. The van der Waals surface area contributed by atoms with E-state index in [0.29, 0.717) is 6.42 Å². The van der Waals surface area contributed by atoms with Crippen molar-refractivity contribution in [3.63, 3.8) is 0 Å². The molecule has 0 aromatic carbocycles. The number of hydrogen-bond acceptors (Lipinski definition) is 2. The van der Waals surface area contributed by atoms with E-state index >= 15 is 0 Å². The lowest BCUT2D eigenvalue weighted by Crippen LogP contribution is -2.30. The Bertz CT molecular complexity index is 130. The lowest BCUT2D eigenvalue weighted by atomic mass is 9.98. The first kappa shape index (κ1) is 10.7. The molecule has 0 rings (SSSR count). The molecule has 0 fully saturated rings. The van der Waals surface area contributed by atoms with Crippen LogP contribution in [0, 0.1) is 5.92 Å². The van der Waals surface area contributed by atoms with Gasteiger partial charge in [-0.05, 0) is 19.3 Å². The Morgan fingerprint density at radius 1 is 1.36 bits per heavy atom. The van der Waals surface area contributed by atoms with Crippen LogP contribution in [-0.2, 0) is 0 Å². The summed E-state index contributed by atoms with van der Waals surface area (Å²) in [4.78, 5) is 0. The minimum Gasteiger partial charge on any atom is -0.390 e. The van der Waals surface area contributed by atoms with Gasteiger partial charge in [-0.2, -0.15) is 0 Å². The van der Waals surface area contributed by atoms with Crippen molar-refractivity contribution in [2.75, 3.05) is 0 Å². The molecule has 0 heterocycles. The first-order valence-electron chi connectivity index (χ1n) is 3.95. The van der Waals surface area contributed by atoms with Gasteiger partial charge < -0.3 is 10.2 Å². The van der Waals surface area contributed by atoms with Gasteiger partial charge in [0.15, 0.2) is 0 Å². The highest BCUT2D eigenvalue weighted by Gasteiger charge is 2.18. The zero-order valence-corrected chi connectivity index (χ0v) is 7.54. The van der Waals surface area contributed by atoms with Gasteiger partial charge in [0.05, 0.1) is 12.2 Å². The Kier molecular flexibility index (Phi) is 4.38. The van der Waals surface area contributed by atoms with Crippen molar-refractivity contribution >= 4 is 0 Å². The highest BCUT2D eigenvalue weighted by atomic mass is 16.3. The maximum absolute atomic E-state index is 9.35. The lowest BCUT2D eigenvalue weighted by Gasteiger charge is -2.20. The predicted octanol–water partition coefficient (Wildman–Crippen LogP) is 1.33. The van der Waals surface area contributed by atoms with Crippen LogP contribution in [0.5, 0.6) is 0 Å². The number of rotatable bonds is 4. The topological polar surface area (TPSA) is 40.5 Å². The summed E-state index contributed by atoms with van der Waals surface area (Å²) in [5.74, 6) is 0.101. The van der Waals surface area contributed by atoms with Crippen LogP contribution in [0.15, 0.2) is 12.2 Å². The Labute approximate surface area is 68.6 Å². The van der Waals surface area contributed by atoms with Crippen LogP contribution < -0.4 is 0 Å². The van der Waals surface area contributed by atoms with Gasteiger partial charge in [-0.25, -0.2) is 0 Å². The molecule has 2 unspecified atom stereocenters. The van der Waals surface area contributed by atoms with Gasteiger partial charge in [-0.15, -0.1) is 6.58 Å². The van der Waals surface area contributed by atoms with Crippen LogP contribution in [0.25, 0.3) is 0 Å². The molecule has 0 saturated heterocycles. The van der Waals surface area contributed by atoms with Crippen molar-refractivity contribution in [2.24, 2.45) is 5.92 Å². The van der Waals surface area contributed by atoms with Gasteiger partial charge in [0.1, 0.15) is 0 Å². The summed E-state index contributed by atoms with van der Waals surface area (Å²) in [5, 5.41) is 18.7. The molecule has 0 spiro atoms. The first-order valence-corrected chi connectivity index (χ1v) is 3.95. The van der Waals surface area contributed by atoms with Gasteiger partial charge in [-0.3, -0.25) is 0 Å². The zero-order chi connectivity index (χ0) is 9.02. The second-order valence-corrected chi connectivity index (χ2v) is 3.46. The van der Waals surface area contributed by atoms with Gasteiger partial charge >= 0.3 is 0 Å². The highest BCUT2D eigenvalue weighted by molar-refractivity contribution is 4.92. The maximum atomic E-state index is 9.35. The van der Waals surface area contributed by atoms with Crippen LogP contribution in [0.3, 0.4) is 0 Å². The molecule has 0 amide bonds. The number of hydrogen-bond donors (Lipinski definition) is 2. The predicted molar refractivity (Wildman–Crippen MR) is 46.3 cm³/mol. The largest absolute Gasteiger partial charge is 0.390 e. The second-order valence-electron chi connectivity index (χ2n) is 3.46. The SMILES string of the molecule is C=C(C)CC(O)C(O)C(C)C. The minimum atomic E-state index is -0.660. The average molecular weight is 158 g/mol. The first-order chi connectivity index (χ1) is 4.95. The fourth-order valence-corrected chi connectivity index (χ4v) is 0.922. The summed E-state index contributed by atoms with van der Waals surface area (Å²) in [6.07, 6.45) is -0.807. The fraction of sp³-hybridized carbons (Fsp3) is 0.778. The summed E-state index contributed by atoms with van der Waals surface area (Å²) in [6, 6.07) is 0. The molecular formula is C9H18O2. The molecule has 0 aromatic heterocycles. The van der Waals surface area contributed by atoms with E-state index in [9.17, 15) is 10.2 Å². The van der Waals surface area contributed by atoms with Crippen molar-refractivity contribution in [1.29, 1.82) is 0 Å². The van der Waals surface area contributed by atoms with Crippen molar-refractivity contribution in [3.8, 4) is 0 Å². The Morgan fingerprint density at radius 3 is 2.09 bits per heavy atom. The van der Waals surface area contributed by atoms with E-state index in [4.69, 9.17) is 0 Å². The van der Waals surface area contributed by atoms with Crippen molar-refractivity contribution in [2.45, 2.75) is 39.4 Å². The molecule has 66 valence electrons. The third-order valence-electron chi connectivity index (χ3n) is 1.63. The Balaban J connectivity index is 3.82. The standard InChI is InChI=1S/C9H18O2/c1-6(2)5-8(10)9(11)7(3)4/h7-11H,1,5H2,2-4H3. The van der Waals surface area contributed by atoms with Crippen molar-refractivity contribution < 1.29 is 10.2 Å². The van der Waals surface area contributed by atoms with Gasteiger partial charge in [0, 0.05) is 0 Å². The van der Waals surface area contributed by atoms with E-state index < -0.39 is 12.2 Å². The summed E-state index contributed by atoms with van der Waals surface area (Å²) >= 11 is 0. The third kappa shape index (κ3) is 4.17. The third-order valence-corrected chi connectivity index (χ3v) is 1.63. The lowest BCUT2D eigenvalue weighted by molar-refractivity contribution is -0.00720. The van der Waals surface area contributed by atoms with Crippen molar-refractivity contribution in [3.05, 3.63) is 12.2 Å². The molecule has 2 atom stereocenters. The van der Waals surface area contributed by atoms with Gasteiger partial charge in [0.25, 0.3) is 0 Å². The summed E-state index contributed by atoms with van der Waals surface area (Å²) in [5.41, 5.74) is 0.900. The van der Waals surface area contributed by atoms with Crippen LogP contribution in [-0.4, -0.2) is 22.4 Å². The molecule has 0 bridgehead atoms. The molecule has 0 aliphatic carbocycles. The van der Waals surface area contributed by atoms with Crippen LogP contribution >= 0.6 is 0 Å². The smallest absolute Gasteiger partial charge is 0.0838 e. The molecule has 0 radical (unpaired) electrons. The van der Waals surface area contributed by atoms with E-state index in [1.54, 1.807) is 0 Å². The summed E-state index contributed by atoms with van der Waals surface area (Å²) in [7, 11) is 0. The molecule has 0 aliphatic rings. The molecule has 2 heteroatoms. The number of aliphatic hydroxyl groups excluding tert-OH is 2. The van der Waals surface area contributed by atoms with E-state index in [1.807, 2.05) is 20.8 Å². The normalized spacial score (nSPS) is 16.5. The maximum Gasteiger partial charge on any atom is 0.0838 e. The second kappa shape index (κ2) is 4.52.